The molecule has 1 aromatic carbocycles. The first-order chi connectivity index (χ1) is 17.4. The first-order valence-corrected chi connectivity index (χ1v) is 14.8. The van der Waals surface area contributed by atoms with E-state index in [0.29, 0.717) is 37.6 Å². The number of rotatable bonds is 9. The van der Waals surface area contributed by atoms with E-state index in [0.717, 1.165) is 70.2 Å². The minimum absolute atomic E-state index is 0.0185. The molecule has 34 heavy (non-hydrogen) atoms. The minimum atomic E-state index is -1.33. The fraction of sp³-hybridized carbons (Fsp3) is 0.692. The van der Waals surface area contributed by atoms with Crippen LogP contribution in [0.3, 0.4) is 0 Å². The van der Waals surface area contributed by atoms with Crippen LogP contribution >= 0.6 is 19.3 Å². The van der Waals surface area contributed by atoms with E-state index in [1.54, 1.807) is 0 Å². The minimum Gasteiger partial charge on any atom is -0.423 e. The van der Waals surface area contributed by atoms with Crippen LogP contribution in [-0.2, 0) is 20.6 Å². The molecular weight excluding hydrogens is 464 g/mol. The molecule has 1 spiro atoms. The lowest BCUT2D eigenvalue weighted by Crippen LogP contribution is -2.52. The maximum absolute atomic E-state index is 7.80. The van der Waals surface area contributed by atoms with E-state index in [9.17, 15) is 0 Å². The Bertz CT molecular complexity index is 966. The molecular formula is C26H38BNO4PS. The molecule has 5 atom stereocenters. The van der Waals surface area contributed by atoms with Crippen LogP contribution in [0, 0.1) is 17.3 Å². The summed E-state index contributed by atoms with van der Waals surface area (Å²) in [5.74, 6) is 1.87. The Labute approximate surface area is 214 Å². The second-order valence-electron chi connectivity index (χ2n) is 10.7. The van der Waals surface area contributed by atoms with Crippen molar-refractivity contribution in [3.8, 4) is 5.75 Å². The van der Waals surface area contributed by atoms with Crippen LogP contribution in [0.4, 0.5) is 0 Å². The van der Waals surface area contributed by atoms with Crippen molar-refractivity contribution < 1.29 is 18.4 Å². The van der Waals surface area contributed by atoms with Gasteiger partial charge in [-0.05, 0) is 76.2 Å². The van der Waals surface area contributed by atoms with Gasteiger partial charge in [0.1, 0.15) is 13.3 Å². The van der Waals surface area contributed by atoms with Crippen molar-refractivity contribution in [3.63, 3.8) is 0 Å². The number of nitrogens with zero attached hydrogens (tertiary/aromatic N) is 1. The summed E-state index contributed by atoms with van der Waals surface area (Å²) in [6.45, 7) is 6.09. The van der Waals surface area contributed by atoms with Gasteiger partial charge in [0, 0.05) is 24.3 Å². The van der Waals surface area contributed by atoms with E-state index in [4.69, 9.17) is 21.0 Å². The summed E-state index contributed by atoms with van der Waals surface area (Å²) in [5, 5.41) is 0. The van der Waals surface area contributed by atoms with Crippen LogP contribution in [0.2, 0.25) is 0 Å². The number of hydrogen-bond donors (Lipinski definition) is 0. The lowest BCUT2D eigenvalue weighted by atomic mass is 9.53. The molecule has 3 fully saturated rings. The van der Waals surface area contributed by atoms with Crippen molar-refractivity contribution in [2.45, 2.75) is 50.7 Å². The molecule has 4 aliphatic rings. The van der Waals surface area contributed by atoms with Crippen LogP contribution < -0.4 is 4.18 Å². The Balaban J connectivity index is 1.43. The Kier molecular flexibility index (Phi) is 6.95. The number of aryl methyl sites for hydroxylation is 1. The molecule has 0 aromatic heterocycles. The van der Waals surface area contributed by atoms with Crippen LogP contribution in [-0.4, -0.2) is 67.9 Å². The van der Waals surface area contributed by atoms with Gasteiger partial charge in [-0.3, -0.25) is 0 Å². The van der Waals surface area contributed by atoms with Gasteiger partial charge in [-0.2, -0.15) is 0 Å². The van der Waals surface area contributed by atoms with Crippen molar-refractivity contribution in [1.82, 2.24) is 4.90 Å². The largest absolute Gasteiger partial charge is 0.423 e. The monoisotopic (exact) mass is 505 g/mol. The highest BCUT2D eigenvalue weighted by molar-refractivity contribution is 8.53. The highest BCUT2D eigenvalue weighted by Crippen LogP contribution is 2.67. The molecule has 1 saturated heterocycles. The fourth-order valence-corrected chi connectivity index (χ4v) is 7.81. The lowest BCUT2D eigenvalue weighted by Gasteiger charge is -2.54. The standard InChI is InChI=1S/C26H38BNO4PS/c1-25-17-19(9-12-29-13-11-28(2)3)24-21-7-5-20(32-34-33-27)16-18(21)4-6-22(24)23(25)8-10-26(25)30-14-15-31-26/h5,7,9,16,22-24,27,33H,4,6,8,10-15,17H2,1-3H3/i27T,33D. The molecule has 5 nitrogen and oxygen atoms in total. The van der Waals surface area contributed by atoms with Gasteiger partial charge in [0.05, 0.1) is 39.4 Å². The highest BCUT2D eigenvalue weighted by atomic mass is 32.7. The zero-order valence-electron chi connectivity index (χ0n) is 22.6. The third-order valence-corrected chi connectivity index (χ3v) is 9.50. The van der Waals surface area contributed by atoms with Crippen molar-refractivity contribution >= 4 is 26.8 Å². The topological polar surface area (TPSA) is 40.2 Å². The van der Waals surface area contributed by atoms with Crippen molar-refractivity contribution in [3.05, 3.63) is 41.0 Å². The Hall–Kier alpha value is -0.555. The maximum Gasteiger partial charge on any atom is 0.174 e. The summed E-state index contributed by atoms with van der Waals surface area (Å²) in [4.78, 5) is 2.15. The van der Waals surface area contributed by atoms with Crippen LogP contribution in [0.15, 0.2) is 29.8 Å². The van der Waals surface area contributed by atoms with Gasteiger partial charge >= 0.3 is 0 Å². The van der Waals surface area contributed by atoms with Gasteiger partial charge in [-0.1, -0.05) is 32.2 Å². The molecule has 0 N–H and O–H groups in total. The molecule has 2 saturated carbocycles. The molecule has 5 unspecified atom stereocenters. The maximum atomic E-state index is 7.80. The highest BCUT2D eigenvalue weighted by Gasteiger charge is 2.65. The lowest BCUT2D eigenvalue weighted by molar-refractivity contribution is -0.232. The van der Waals surface area contributed by atoms with E-state index < -0.39 is 13.4 Å². The third-order valence-electron chi connectivity index (χ3n) is 8.66. The number of benzene rings is 1. The number of ether oxygens (including phenoxy) is 3. The second-order valence-corrected chi connectivity index (χ2v) is 12.3. The third kappa shape index (κ3) is 4.50. The Morgan fingerprint density at radius 3 is 3.03 bits per heavy atom. The molecule has 0 amide bonds. The summed E-state index contributed by atoms with van der Waals surface area (Å²) in [6, 6.07) is 6.44. The quantitative estimate of drug-likeness (QED) is 0.157. The van der Waals surface area contributed by atoms with Gasteiger partial charge < -0.3 is 23.3 Å². The molecule has 3 aliphatic carbocycles. The zero-order chi connectivity index (χ0) is 25.3. The second kappa shape index (κ2) is 10.4. The van der Waals surface area contributed by atoms with Crippen LogP contribution in [0.5, 0.6) is 5.75 Å². The zero-order valence-corrected chi connectivity index (χ0v) is 22.3. The first-order valence-electron chi connectivity index (χ1n) is 13.6. The summed E-state index contributed by atoms with van der Waals surface area (Å²) < 4.78 is 39.6. The SMILES string of the molecule is [2H]P([B][3H])SOc1ccc2c(c1)CCC1C2C(=CCOCCN(C)C)CC2(C)C1CCC21OCCO1. The summed E-state index contributed by atoms with van der Waals surface area (Å²) in [5.41, 5.74) is 4.21. The van der Waals surface area contributed by atoms with Gasteiger partial charge in [0.15, 0.2) is 5.79 Å². The van der Waals surface area contributed by atoms with Gasteiger partial charge in [-0.25, -0.2) is 0 Å². The van der Waals surface area contributed by atoms with Crippen LogP contribution in [0.25, 0.3) is 0 Å². The fourth-order valence-electron chi connectivity index (χ4n) is 7.19. The van der Waals surface area contributed by atoms with Crippen molar-refractivity contribution in [1.29, 1.82) is 2.61 Å². The van der Waals surface area contributed by atoms with Gasteiger partial charge in [-0.15, -0.1) is 0 Å². The van der Waals surface area contributed by atoms with Gasteiger partial charge in [0.2, 0.25) is 0 Å². The van der Waals surface area contributed by atoms with E-state index in [2.05, 4.69) is 44.1 Å². The molecule has 0 bridgehead atoms. The molecule has 1 heterocycles. The van der Waals surface area contributed by atoms with Gasteiger partial charge in [0.25, 0.3) is 0 Å². The summed E-state index contributed by atoms with van der Waals surface area (Å²) >= 11 is 1.07. The Morgan fingerprint density at radius 1 is 1.38 bits per heavy atom. The summed E-state index contributed by atoms with van der Waals surface area (Å²) in [6.07, 6.45) is 7.66. The average molecular weight is 505 g/mol. The number of fused-ring (bicyclic) bond motifs is 6. The molecule has 5 rings (SSSR count). The predicted molar refractivity (Wildman–Crippen MR) is 142 cm³/mol. The first kappa shape index (κ1) is 22.6. The predicted octanol–water partition coefficient (Wildman–Crippen LogP) is 4.84. The molecule has 8 heteroatoms. The van der Waals surface area contributed by atoms with Crippen molar-refractivity contribution in [2.24, 2.45) is 17.3 Å². The van der Waals surface area contributed by atoms with Crippen LogP contribution in [0.1, 0.15) is 49.7 Å². The van der Waals surface area contributed by atoms with E-state index in [1.807, 2.05) is 6.07 Å². The molecule has 1 radical (unpaired) electrons. The Morgan fingerprint density at radius 2 is 2.24 bits per heavy atom. The van der Waals surface area contributed by atoms with E-state index in [1.165, 1.54) is 16.7 Å². The van der Waals surface area contributed by atoms with Crippen molar-refractivity contribution in [2.75, 3.05) is 47.1 Å². The number of hydrogen-bond acceptors (Lipinski definition) is 6. The van der Waals surface area contributed by atoms with E-state index in [-0.39, 0.29) is 5.41 Å². The average Bonchev–Trinajstić information content (AvgIpc) is 3.47. The number of likely N-dealkylation sites (N-methyl/N-ethyl adjacent to an activating group) is 1. The normalized spacial score (nSPS) is 34.4. The molecule has 1 aromatic rings. The molecule has 185 valence electrons. The summed E-state index contributed by atoms with van der Waals surface area (Å²) in [7, 11) is 3.96. The van der Waals surface area contributed by atoms with E-state index >= 15 is 0 Å². The molecule has 1 aliphatic heterocycles. The smallest absolute Gasteiger partial charge is 0.174 e. The number of allylic oxidation sites excluding steroid dienone is 1.